The number of carboxylic acids is 1. The van der Waals surface area contributed by atoms with Gasteiger partial charge in [-0.15, -0.1) is 0 Å². The van der Waals surface area contributed by atoms with Crippen LogP contribution >= 0.6 is 0 Å². The Kier molecular flexibility index (Phi) is 7.73. The molecule has 0 atom stereocenters. The molecular formula is C28H35F2NO5. The molecule has 2 saturated carbocycles. The van der Waals surface area contributed by atoms with E-state index in [1.165, 1.54) is 0 Å². The summed E-state index contributed by atoms with van der Waals surface area (Å²) in [7, 11) is 3.23. The Balaban J connectivity index is 1.69. The number of anilines is 1. The predicted octanol–water partition coefficient (Wildman–Crippen LogP) is 6.58. The van der Waals surface area contributed by atoms with Gasteiger partial charge in [0.2, 0.25) is 5.92 Å². The van der Waals surface area contributed by atoms with Crippen LogP contribution in [0, 0.1) is 6.92 Å². The summed E-state index contributed by atoms with van der Waals surface area (Å²) in [6.07, 6.45) is 3.35. The molecule has 0 radical (unpaired) electrons. The van der Waals surface area contributed by atoms with Crippen LogP contribution in [-0.4, -0.2) is 42.9 Å². The van der Waals surface area contributed by atoms with E-state index in [0.717, 1.165) is 47.9 Å². The molecule has 2 aromatic rings. The monoisotopic (exact) mass is 503 g/mol. The van der Waals surface area contributed by atoms with E-state index in [-0.39, 0.29) is 18.9 Å². The molecule has 0 spiro atoms. The fraction of sp³-hybridized carbons (Fsp3) is 0.536. The van der Waals surface area contributed by atoms with E-state index in [1.54, 1.807) is 20.3 Å². The minimum atomic E-state index is -2.83. The molecule has 0 amide bonds. The first-order valence-electron chi connectivity index (χ1n) is 12.5. The highest BCUT2D eigenvalue weighted by Gasteiger charge is 2.48. The van der Waals surface area contributed by atoms with Crippen molar-refractivity contribution in [3.63, 3.8) is 0 Å². The predicted molar refractivity (Wildman–Crippen MR) is 134 cm³/mol. The summed E-state index contributed by atoms with van der Waals surface area (Å²) in [5.41, 5.74) is 2.71. The van der Waals surface area contributed by atoms with Crippen LogP contribution in [0.5, 0.6) is 11.5 Å². The lowest BCUT2D eigenvalue weighted by molar-refractivity contribution is -0.146. The molecule has 0 aliphatic heterocycles. The first-order chi connectivity index (χ1) is 17.2. The van der Waals surface area contributed by atoms with Crippen LogP contribution in [0.2, 0.25) is 0 Å². The van der Waals surface area contributed by atoms with Crippen molar-refractivity contribution in [3.05, 3.63) is 41.5 Å². The molecule has 8 heteroatoms. The summed E-state index contributed by atoms with van der Waals surface area (Å²) in [6.45, 7) is 2.28. The van der Waals surface area contributed by atoms with Crippen molar-refractivity contribution in [2.75, 3.05) is 19.5 Å². The molecule has 2 aliphatic carbocycles. The maximum Gasteiger partial charge on any atom is 0.329 e. The molecule has 0 bridgehead atoms. The van der Waals surface area contributed by atoms with E-state index in [1.807, 2.05) is 31.2 Å². The van der Waals surface area contributed by atoms with Gasteiger partial charge in [0.05, 0.1) is 26.9 Å². The molecule has 0 heterocycles. The Morgan fingerprint density at radius 2 is 1.64 bits per heavy atom. The first kappa shape index (κ1) is 26.2. The number of carbonyl (C=O) groups is 1. The standard InChI is InChI=1S/C28H35F2NO5/c1-18-24(34-2)15-19(16-25(18)35-3)23-9-8-21(14-20(23)17-36-22-6-4-5-7-22)31-27(26(32)33)10-12-28(29,30)13-11-27/h8-9,14-16,22,31H,4-7,10-13,17H2,1-3H3,(H,32,33). The highest BCUT2D eigenvalue weighted by Crippen LogP contribution is 2.42. The number of methoxy groups -OCH3 is 2. The van der Waals surface area contributed by atoms with Gasteiger partial charge in [-0.2, -0.15) is 0 Å². The van der Waals surface area contributed by atoms with Gasteiger partial charge in [0.1, 0.15) is 17.0 Å². The summed E-state index contributed by atoms with van der Waals surface area (Å²) in [6, 6.07) is 9.47. The molecule has 196 valence electrons. The normalized spacial score (nSPS) is 19.1. The summed E-state index contributed by atoms with van der Waals surface area (Å²) in [5, 5.41) is 13.0. The largest absolute Gasteiger partial charge is 0.496 e. The molecule has 0 aromatic heterocycles. The number of halogens is 2. The fourth-order valence-electron chi connectivity index (χ4n) is 5.29. The average molecular weight is 504 g/mol. The molecule has 2 aliphatic rings. The lowest BCUT2D eigenvalue weighted by Crippen LogP contribution is -2.51. The molecule has 2 aromatic carbocycles. The van der Waals surface area contributed by atoms with E-state index < -0.39 is 30.3 Å². The van der Waals surface area contributed by atoms with Gasteiger partial charge in [-0.1, -0.05) is 18.9 Å². The SMILES string of the molecule is COc1cc(-c2ccc(NC3(C(=O)O)CCC(F)(F)CC3)cc2COC2CCCC2)cc(OC)c1C. The maximum atomic E-state index is 13.8. The Bertz CT molecular complexity index is 1060. The van der Waals surface area contributed by atoms with Crippen molar-refractivity contribution in [1.82, 2.24) is 0 Å². The van der Waals surface area contributed by atoms with Crippen molar-refractivity contribution in [1.29, 1.82) is 0 Å². The zero-order valence-electron chi connectivity index (χ0n) is 21.2. The summed E-state index contributed by atoms with van der Waals surface area (Å²) in [4.78, 5) is 12.2. The summed E-state index contributed by atoms with van der Waals surface area (Å²) >= 11 is 0. The molecule has 2 fully saturated rings. The highest BCUT2D eigenvalue weighted by molar-refractivity contribution is 5.83. The number of hydrogen-bond donors (Lipinski definition) is 2. The second kappa shape index (κ2) is 10.6. The van der Waals surface area contributed by atoms with Crippen LogP contribution in [0.1, 0.15) is 62.5 Å². The number of nitrogens with one attached hydrogen (secondary N) is 1. The highest BCUT2D eigenvalue weighted by atomic mass is 19.3. The van der Waals surface area contributed by atoms with E-state index >= 15 is 0 Å². The number of carboxylic acid groups (broad SMARTS) is 1. The Hall–Kier alpha value is -2.87. The smallest absolute Gasteiger partial charge is 0.329 e. The van der Waals surface area contributed by atoms with Gasteiger partial charge in [-0.05, 0) is 73.6 Å². The van der Waals surface area contributed by atoms with Gasteiger partial charge < -0.3 is 24.6 Å². The second-order valence-electron chi connectivity index (χ2n) is 9.96. The number of aliphatic carboxylic acids is 1. The van der Waals surface area contributed by atoms with E-state index in [4.69, 9.17) is 14.2 Å². The summed E-state index contributed by atoms with van der Waals surface area (Å²) in [5.74, 6) is -2.54. The van der Waals surface area contributed by atoms with Gasteiger partial charge in [0, 0.05) is 24.1 Å². The number of hydrogen-bond acceptors (Lipinski definition) is 5. The Morgan fingerprint density at radius 3 is 2.19 bits per heavy atom. The Morgan fingerprint density at radius 1 is 1.03 bits per heavy atom. The third-order valence-electron chi connectivity index (χ3n) is 7.57. The average Bonchev–Trinajstić information content (AvgIpc) is 3.38. The lowest BCUT2D eigenvalue weighted by Gasteiger charge is -2.38. The molecule has 2 N–H and O–H groups in total. The van der Waals surface area contributed by atoms with Crippen LogP contribution in [0.3, 0.4) is 0 Å². The number of rotatable bonds is 9. The van der Waals surface area contributed by atoms with Gasteiger partial charge in [-0.25, -0.2) is 13.6 Å². The quantitative estimate of drug-likeness (QED) is 0.402. The third kappa shape index (κ3) is 5.59. The zero-order valence-corrected chi connectivity index (χ0v) is 21.2. The third-order valence-corrected chi connectivity index (χ3v) is 7.57. The van der Waals surface area contributed by atoms with Gasteiger partial charge >= 0.3 is 5.97 Å². The van der Waals surface area contributed by atoms with E-state index in [0.29, 0.717) is 23.8 Å². The van der Waals surface area contributed by atoms with Crippen molar-refractivity contribution < 1.29 is 32.9 Å². The van der Waals surface area contributed by atoms with Gasteiger partial charge in [-0.3, -0.25) is 0 Å². The minimum absolute atomic E-state index is 0.142. The van der Waals surface area contributed by atoms with Crippen LogP contribution in [-0.2, 0) is 16.1 Å². The molecule has 36 heavy (non-hydrogen) atoms. The van der Waals surface area contributed by atoms with E-state index in [9.17, 15) is 18.7 Å². The van der Waals surface area contributed by atoms with Crippen LogP contribution in [0.15, 0.2) is 30.3 Å². The minimum Gasteiger partial charge on any atom is -0.496 e. The molecular weight excluding hydrogens is 468 g/mol. The molecule has 4 rings (SSSR count). The molecule has 6 nitrogen and oxygen atoms in total. The van der Waals surface area contributed by atoms with Crippen molar-refractivity contribution in [2.24, 2.45) is 0 Å². The van der Waals surface area contributed by atoms with E-state index in [2.05, 4.69) is 5.32 Å². The van der Waals surface area contributed by atoms with Crippen molar-refractivity contribution in [2.45, 2.75) is 82.5 Å². The molecule has 0 unspecified atom stereocenters. The fourth-order valence-corrected chi connectivity index (χ4v) is 5.29. The topological polar surface area (TPSA) is 77.0 Å². The maximum absolute atomic E-state index is 13.8. The summed E-state index contributed by atoms with van der Waals surface area (Å²) < 4.78 is 44.9. The molecule has 0 saturated heterocycles. The van der Waals surface area contributed by atoms with Gasteiger partial charge in [0.15, 0.2) is 0 Å². The van der Waals surface area contributed by atoms with Crippen LogP contribution in [0.4, 0.5) is 14.5 Å². The lowest BCUT2D eigenvalue weighted by atomic mass is 9.79. The second-order valence-corrected chi connectivity index (χ2v) is 9.96. The van der Waals surface area contributed by atoms with Crippen LogP contribution < -0.4 is 14.8 Å². The van der Waals surface area contributed by atoms with Crippen molar-refractivity contribution in [3.8, 4) is 22.6 Å². The van der Waals surface area contributed by atoms with Gasteiger partial charge in [0.25, 0.3) is 0 Å². The first-order valence-corrected chi connectivity index (χ1v) is 12.5. The van der Waals surface area contributed by atoms with Crippen molar-refractivity contribution >= 4 is 11.7 Å². The number of benzene rings is 2. The number of alkyl halides is 2. The zero-order chi connectivity index (χ0) is 25.9. The van der Waals surface area contributed by atoms with Crippen LogP contribution in [0.25, 0.3) is 11.1 Å². The number of ether oxygens (including phenoxy) is 3. The Labute approximate surface area is 210 Å².